The fourth-order valence-corrected chi connectivity index (χ4v) is 4.14. The van der Waals surface area contributed by atoms with Gasteiger partial charge < -0.3 is 9.47 Å². The van der Waals surface area contributed by atoms with Crippen molar-refractivity contribution in [2.45, 2.75) is 34.3 Å². The van der Waals surface area contributed by atoms with E-state index in [1.807, 2.05) is 45.0 Å². The third-order valence-electron chi connectivity index (χ3n) is 4.58. The average molecular weight is 425 g/mol. The first-order chi connectivity index (χ1) is 14.5. The number of ether oxygens (including phenoxy) is 2. The van der Waals surface area contributed by atoms with Crippen LogP contribution in [0.2, 0.25) is 0 Å². The monoisotopic (exact) mass is 424 g/mol. The number of hydrogen-bond donors (Lipinski definition) is 0. The molecule has 30 heavy (non-hydrogen) atoms. The first-order valence-electron chi connectivity index (χ1n) is 10.3. The van der Waals surface area contributed by atoms with Crippen LogP contribution in [0, 0.1) is 6.92 Å². The summed E-state index contributed by atoms with van der Waals surface area (Å²) in [6.45, 7) is 10.2. The Hall–Kier alpha value is -2.73. The second kappa shape index (κ2) is 10.3. The van der Waals surface area contributed by atoms with Crippen molar-refractivity contribution in [1.29, 1.82) is 0 Å². The first kappa shape index (κ1) is 22.0. The molecule has 158 valence electrons. The van der Waals surface area contributed by atoms with Gasteiger partial charge in [-0.25, -0.2) is 0 Å². The number of hydrogen-bond acceptors (Lipinski definition) is 5. The van der Waals surface area contributed by atoms with E-state index in [1.165, 1.54) is 17.3 Å². The minimum absolute atomic E-state index is 0.00708. The summed E-state index contributed by atoms with van der Waals surface area (Å²) in [5.41, 5.74) is 3.22. The van der Waals surface area contributed by atoms with E-state index in [4.69, 9.17) is 9.47 Å². The standard InChI is InChI=1S/C24H28N2O3S/c1-5-25-24-26(6-2)23(27)22(30-24)15-19-12-13-20(21(14-19)28-7-3)29-16-18-10-8-17(4)9-11-18/h8-15H,5-7,16H2,1-4H3/b22-15-,25-24?. The average Bonchev–Trinajstić information content (AvgIpc) is 3.03. The Labute approximate surface area is 182 Å². The Kier molecular flexibility index (Phi) is 7.57. The maximum Gasteiger partial charge on any atom is 0.266 e. The summed E-state index contributed by atoms with van der Waals surface area (Å²) in [4.78, 5) is 19.5. The Morgan fingerprint density at radius 1 is 1.03 bits per heavy atom. The second-order valence-corrected chi connectivity index (χ2v) is 7.84. The number of rotatable bonds is 8. The van der Waals surface area contributed by atoms with Gasteiger partial charge in [0.25, 0.3) is 5.91 Å². The molecule has 0 atom stereocenters. The molecule has 2 aromatic rings. The topological polar surface area (TPSA) is 51.1 Å². The van der Waals surface area contributed by atoms with Crippen LogP contribution >= 0.6 is 11.8 Å². The van der Waals surface area contributed by atoms with Crippen LogP contribution in [0.5, 0.6) is 11.5 Å². The highest BCUT2D eigenvalue weighted by Crippen LogP contribution is 2.35. The van der Waals surface area contributed by atoms with Crippen LogP contribution in [0.1, 0.15) is 37.5 Å². The van der Waals surface area contributed by atoms with Crippen LogP contribution in [0.25, 0.3) is 6.08 Å². The summed E-state index contributed by atoms with van der Waals surface area (Å²) in [6.07, 6.45) is 1.89. The second-order valence-electron chi connectivity index (χ2n) is 6.83. The van der Waals surface area contributed by atoms with Crippen LogP contribution in [-0.4, -0.2) is 35.7 Å². The summed E-state index contributed by atoms with van der Waals surface area (Å²) in [5.74, 6) is 1.35. The van der Waals surface area contributed by atoms with Crippen molar-refractivity contribution in [3.05, 3.63) is 64.1 Å². The van der Waals surface area contributed by atoms with Gasteiger partial charge in [0.15, 0.2) is 16.7 Å². The van der Waals surface area contributed by atoms with E-state index in [0.29, 0.717) is 42.7 Å². The molecule has 0 radical (unpaired) electrons. The molecule has 5 nitrogen and oxygen atoms in total. The summed E-state index contributed by atoms with van der Waals surface area (Å²) in [6, 6.07) is 14.0. The maximum absolute atomic E-state index is 12.7. The highest BCUT2D eigenvalue weighted by atomic mass is 32.2. The van der Waals surface area contributed by atoms with Crippen LogP contribution in [0.15, 0.2) is 52.4 Å². The van der Waals surface area contributed by atoms with Crippen molar-refractivity contribution in [3.8, 4) is 11.5 Å². The van der Waals surface area contributed by atoms with Gasteiger partial charge in [0, 0.05) is 13.1 Å². The summed E-state index contributed by atoms with van der Waals surface area (Å²) in [5, 5.41) is 0.763. The van der Waals surface area contributed by atoms with Crippen molar-refractivity contribution in [3.63, 3.8) is 0 Å². The highest BCUT2D eigenvalue weighted by Gasteiger charge is 2.31. The Morgan fingerprint density at radius 3 is 2.47 bits per heavy atom. The number of thioether (sulfide) groups is 1. The molecule has 1 fully saturated rings. The van der Waals surface area contributed by atoms with Crippen molar-refractivity contribution in [2.75, 3.05) is 19.7 Å². The van der Waals surface area contributed by atoms with E-state index in [2.05, 4.69) is 36.2 Å². The molecular formula is C24H28N2O3S. The van der Waals surface area contributed by atoms with Gasteiger partial charge in [-0.15, -0.1) is 0 Å². The largest absolute Gasteiger partial charge is 0.490 e. The van der Waals surface area contributed by atoms with E-state index in [0.717, 1.165) is 16.3 Å². The number of amidine groups is 1. The number of aryl methyl sites for hydroxylation is 1. The minimum atomic E-state index is -0.00708. The number of carbonyl (C=O) groups excluding carboxylic acids is 1. The third kappa shape index (κ3) is 5.25. The molecular weight excluding hydrogens is 396 g/mol. The molecule has 3 rings (SSSR count). The van der Waals surface area contributed by atoms with E-state index < -0.39 is 0 Å². The molecule has 6 heteroatoms. The molecule has 0 N–H and O–H groups in total. The Morgan fingerprint density at radius 2 is 1.80 bits per heavy atom. The van der Waals surface area contributed by atoms with E-state index in [9.17, 15) is 4.79 Å². The van der Waals surface area contributed by atoms with E-state index >= 15 is 0 Å². The lowest BCUT2D eigenvalue weighted by Crippen LogP contribution is -2.28. The predicted molar refractivity (Wildman–Crippen MR) is 124 cm³/mol. The molecule has 1 saturated heterocycles. The van der Waals surface area contributed by atoms with Gasteiger partial charge in [0.05, 0.1) is 11.5 Å². The lowest BCUT2D eigenvalue weighted by molar-refractivity contribution is -0.122. The highest BCUT2D eigenvalue weighted by molar-refractivity contribution is 8.18. The van der Waals surface area contributed by atoms with Gasteiger partial charge in [0.1, 0.15) is 6.61 Å². The van der Waals surface area contributed by atoms with Gasteiger partial charge in [0.2, 0.25) is 0 Å². The molecule has 0 unspecified atom stereocenters. The number of aliphatic imine (C=N–C) groups is 1. The van der Waals surface area contributed by atoms with Crippen molar-refractivity contribution < 1.29 is 14.3 Å². The number of benzene rings is 2. The van der Waals surface area contributed by atoms with Crippen molar-refractivity contribution in [1.82, 2.24) is 4.90 Å². The molecule has 0 aliphatic carbocycles. The van der Waals surface area contributed by atoms with E-state index in [-0.39, 0.29) is 5.91 Å². The SMILES string of the molecule is CCN=C1S/C(=C\c2ccc(OCc3ccc(C)cc3)c(OCC)c2)C(=O)N1CC. The molecule has 1 aliphatic heterocycles. The number of carbonyl (C=O) groups is 1. The molecule has 1 heterocycles. The molecule has 0 bridgehead atoms. The zero-order chi connectivity index (χ0) is 21.5. The lowest BCUT2D eigenvalue weighted by atomic mass is 10.1. The number of nitrogens with zero attached hydrogens (tertiary/aromatic N) is 2. The Bertz CT molecular complexity index is 951. The fourth-order valence-electron chi connectivity index (χ4n) is 3.04. The van der Waals surface area contributed by atoms with Crippen molar-refractivity contribution in [2.24, 2.45) is 4.99 Å². The van der Waals surface area contributed by atoms with Gasteiger partial charge in [-0.05, 0) is 68.8 Å². The molecule has 1 aliphatic rings. The zero-order valence-electron chi connectivity index (χ0n) is 18.0. The molecule has 2 aromatic carbocycles. The van der Waals surface area contributed by atoms with Gasteiger partial charge in [-0.2, -0.15) is 0 Å². The maximum atomic E-state index is 12.7. The van der Waals surface area contributed by atoms with Gasteiger partial charge in [-0.3, -0.25) is 14.7 Å². The molecule has 0 aromatic heterocycles. The van der Waals surface area contributed by atoms with Crippen LogP contribution in [0.3, 0.4) is 0 Å². The quantitative estimate of drug-likeness (QED) is 0.541. The summed E-state index contributed by atoms with van der Waals surface area (Å²) < 4.78 is 11.8. The third-order valence-corrected chi connectivity index (χ3v) is 5.62. The fraction of sp³-hybridized carbons (Fsp3) is 0.333. The smallest absolute Gasteiger partial charge is 0.266 e. The van der Waals surface area contributed by atoms with Crippen molar-refractivity contribution >= 4 is 28.9 Å². The predicted octanol–water partition coefficient (Wildman–Crippen LogP) is 5.28. The molecule has 1 amide bonds. The Balaban J connectivity index is 1.80. The normalized spacial score (nSPS) is 16.5. The lowest BCUT2D eigenvalue weighted by Gasteiger charge is -2.13. The van der Waals surface area contributed by atoms with E-state index in [1.54, 1.807) is 4.90 Å². The zero-order valence-corrected chi connectivity index (χ0v) is 18.8. The minimum Gasteiger partial charge on any atom is -0.490 e. The number of likely N-dealkylation sites (N-methyl/N-ethyl adjacent to an activating group) is 1. The van der Waals surface area contributed by atoms with Gasteiger partial charge >= 0.3 is 0 Å². The van der Waals surface area contributed by atoms with Crippen LogP contribution < -0.4 is 9.47 Å². The summed E-state index contributed by atoms with van der Waals surface area (Å²) >= 11 is 1.42. The van der Waals surface area contributed by atoms with Crippen LogP contribution in [0.4, 0.5) is 0 Å². The first-order valence-corrected chi connectivity index (χ1v) is 11.1. The van der Waals surface area contributed by atoms with Gasteiger partial charge in [-0.1, -0.05) is 35.9 Å². The molecule has 0 spiro atoms. The summed E-state index contributed by atoms with van der Waals surface area (Å²) in [7, 11) is 0. The number of amides is 1. The molecule has 0 saturated carbocycles. The van der Waals surface area contributed by atoms with Crippen LogP contribution in [-0.2, 0) is 11.4 Å².